The van der Waals surface area contributed by atoms with Crippen molar-refractivity contribution in [1.82, 2.24) is 0 Å². The van der Waals surface area contributed by atoms with E-state index in [4.69, 9.17) is 9.47 Å². The fourth-order valence-corrected chi connectivity index (χ4v) is 3.12. The van der Waals surface area contributed by atoms with Gasteiger partial charge in [-0.05, 0) is 17.7 Å². The van der Waals surface area contributed by atoms with E-state index in [9.17, 15) is 4.79 Å². The molecule has 0 aliphatic rings. The predicted molar refractivity (Wildman–Crippen MR) is 115 cm³/mol. The van der Waals surface area contributed by atoms with Crippen LogP contribution in [0.25, 0.3) is 0 Å². The molecular weight excluding hydrogens is 362 g/mol. The van der Waals surface area contributed by atoms with Crippen LogP contribution in [-0.2, 0) is 4.79 Å². The van der Waals surface area contributed by atoms with Gasteiger partial charge in [0.05, 0.1) is 25.8 Å². The molecule has 4 heteroatoms. The molecule has 3 aromatic carbocycles. The molecule has 0 fully saturated rings. The van der Waals surface area contributed by atoms with Gasteiger partial charge in [0.2, 0.25) is 5.91 Å². The lowest BCUT2D eigenvalue weighted by atomic mass is 9.89. The quantitative estimate of drug-likeness (QED) is 0.639. The zero-order valence-electron chi connectivity index (χ0n) is 16.7. The Labute approximate surface area is 171 Å². The number of rotatable bonds is 5. The second-order valence-electron chi connectivity index (χ2n) is 6.45. The highest BCUT2D eigenvalue weighted by Crippen LogP contribution is 2.40. The zero-order valence-corrected chi connectivity index (χ0v) is 16.7. The van der Waals surface area contributed by atoms with Crippen molar-refractivity contribution in [1.29, 1.82) is 0 Å². The Bertz CT molecular complexity index is 1030. The Balaban J connectivity index is 2.22. The fraction of sp³-hybridized carbons (Fsp3) is 0.160. The molecule has 146 valence electrons. The van der Waals surface area contributed by atoms with E-state index in [1.54, 1.807) is 26.4 Å². The Morgan fingerprint density at radius 3 is 2.17 bits per heavy atom. The van der Waals surface area contributed by atoms with Gasteiger partial charge in [-0.25, -0.2) is 0 Å². The van der Waals surface area contributed by atoms with E-state index in [1.807, 2.05) is 60.7 Å². The minimum atomic E-state index is -0.306. The largest absolute Gasteiger partial charge is 0.497 e. The van der Waals surface area contributed by atoms with Gasteiger partial charge in [-0.15, -0.1) is 0 Å². The first kappa shape index (κ1) is 20.0. The molecular formula is C25H23NO3. The summed E-state index contributed by atoms with van der Waals surface area (Å²) in [6.07, 6.45) is 0. The number of methoxy groups -OCH3 is 2. The van der Waals surface area contributed by atoms with Gasteiger partial charge in [0.1, 0.15) is 11.5 Å². The van der Waals surface area contributed by atoms with Crippen molar-refractivity contribution in [2.45, 2.75) is 12.8 Å². The maximum Gasteiger partial charge on any atom is 0.221 e. The molecule has 1 N–H and O–H groups in total. The molecule has 0 aromatic heterocycles. The standard InChI is InChI=1S/C25H23NO3/c1-18(27)26-23-16-21(28-2)17-24(29-3)25(23)22(20-12-8-5-9-13-20)15-14-19-10-6-4-7-11-19/h4-13,16-17,22H,1-3H3,(H,26,27). The first-order valence-corrected chi connectivity index (χ1v) is 9.27. The molecule has 3 rings (SSSR count). The molecule has 1 unspecified atom stereocenters. The van der Waals surface area contributed by atoms with Crippen molar-refractivity contribution in [3.05, 3.63) is 89.5 Å². The van der Waals surface area contributed by atoms with Crippen molar-refractivity contribution in [2.75, 3.05) is 19.5 Å². The summed E-state index contributed by atoms with van der Waals surface area (Å²) < 4.78 is 11.0. The molecule has 0 aliphatic heterocycles. The van der Waals surface area contributed by atoms with Crippen LogP contribution in [0.2, 0.25) is 0 Å². The molecule has 3 aromatic rings. The van der Waals surface area contributed by atoms with Crippen molar-refractivity contribution in [3.8, 4) is 23.3 Å². The lowest BCUT2D eigenvalue weighted by Crippen LogP contribution is -2.12. The third-order valence-electron chi connectivity index (χ3n) is 4.44. The third-order valence-corrected chi connectivity index (χ3v) is 4.44. The Hall–Kier alpha value is -3.71. The average Bonchev–Trinajstić information content (AvgIpc) is 2.75. The molecule has 0 saturated heterocycles. The number of benzene rings is 3. The van der Waals surface area contributed by atoms with E-state index in [0.717, 1.165) is 16.7 Å². The van der Waals surface area contributed by atoms with Gasteiger partial charge in [0, 0.05) is 30.2 Å². The molecule has 1 amide bonds. The lowest BCUT2D eigenvalue weighted by Gasteiger charge is -2.21. The number of carbonyl (C=O) groups is 1. The minimum absolute atomic E-state index is 0.176. The highest BCUT2D eigenvalue weighted by atomic mass is 16.5. The normalized spacial score (nSPS) is 11.0. The smallest absolute Gasteiger partial charge is 0.221 e. The van der Waals surface area contributed by atoms with Crippen LogP contribution in [0.1, 0.15) is 29.5 Å². The molecule has 0 aliphatic carbocycles. The van der Waals surface area contributed by atoms with Crippen LogP contribution < -0.4 is 14.8 Å². The number of hydrogen-bond donors (Lipinski definition) is 1. The second-order valence-corrected chi connectivity index (χ2v) is 6.45. The van der Waals surface area contributed by atoms with E-state index < -0.39 is 0 Å². The van der Waals surface area contributed by atoms with E-state index in [-0.39, 0.29) is 11.8 Å². The van der Waals surface area contributed by atoms with E-state index >= 15 is 0 Å². The second kappa shape index (κ2) is 9.48. The van der Waals surface area contributed by atoms with Crippen LogP contribution in [0.15, 0.2) is 72.8 Å². The summed E-state index contributed by atoms with van der Waals surface area (Å²) in [6, 6.07) is 23.4. The molecule has 1 atom stereocenters. The van der Waals surface area contributed by atoms with Crippen LogP contribution in [0, 0.1) is 11.8 Å². The maximum absolute atomic E-state index is 11.9. The number of ether oxygens (including phenoxy) is 2. The number of amides is 1. The minimum Gasteiger partial charge on any atom is -0.497 e. The highest BCUT2D eigenvalue weighted by Gasteiger charge is 2.22. The van der Waals surface area contributed by atoms with Gasteiger partial charge >= 0.3 is 0 Å². The lowest BCUT2D eigenvalue weighted by molar-refractivity contribution is -0.114. The summed E-state index contributed by atoms with van der Waals surface area (Å²) in [7, 11) is 3.18. The Kier molecular flexibility index (Phi) is 6.55. The molecule has 4 nitrogen and oxygen atoms in total. The summed E-state index contributed by atoms with van der Waals surface area (Å²) >= 11 is 0. The van der Waals surface area contributed by atoms with Gasteiger partial charge in [0.15, 0.2) is 0 Å². The first-order valence-electron chi connectivity index (χ1n) is 9.27. The first-order chi connectivity index (χ1) is 14.1. The molecule has 29 heavy (non-hydrogen) atoms. The molecule has 0 saturated carbocycles. The summed E-state index contributed by atoms with van der Waals surface area (Å²) in [5.41, 5.74) is 3.33. The SMILES string of the molecule is COc1cc(NC(C)=O)c(C(C#Cc2ccccc2)c2ccccc2)c(OC)c1. The number of anilines is 1. The third kappa shape index (κ3) is 4.97. The van der Waals surface area contributed by atoms with Crippen LogP contribution >= 0.6 is 0 Å². The predicted octanol–water partition coefficient (Wildman–Crippen LogP) is 4.85. The van der Waals surface area contributed by atoms with Crippen molar-refractivity contribution < 1.29 is 14.3 Å². The summed E-state index contributed by atoms with van der Waals surface area (Å²) in [5.74, 6) is 7.34. The Morgan fingerprint density at radius 1 is 0.931 bits per heavy atom. The summed E-state index contributed by atoms with van der Waals surface area (Å²) in [5, 5.41) is 2.90. The van der Waals surface area contributed by atoms with Crippen LogP contribution in [0.3, 0.4) is 0 Å². The van der Waals surface area contributed by atoms with E-state index in [0.29, 0.717) is 17.2 Å². The average molecular weight is 385 g/mol. The van der Waals surface area contributed by atoms with Crippen molar-refractivity contribution in [3.63, 3.8) is 0 Å². The van der Waals surface area contributed by atoms with E-state index in [2.05, 4.69) is 17.2 Å². The van der Waals surface area contributed by atoms with Crippen molar-refractivity contribution in [2.24, 2.45) is 0 Å². The van der Waals surface area contributed by atoms with E-state index in [1.165, 1.54) is 6.92 Å². The van der Waals surface area contributed by atoms with Crippen LogP contribution in [0.4, 0.5) is 5.69 Å². The molecule has 0 radical (unpaired) electrons. The van der Waals surface area contributed by atoms with Gasteiger partial charge in [0.25, 0.3) is 0 Å². The van der Waals surface area contributed by atoms with Crippen LogP contribution in [0.5, 0.6) is 11.5 Å². The number of hydrogen-bond acceptors (Lipinski definition) is 3. The van der Waals surface area contributed by atoms with Gasteiger partial charge in [-0.1, -0.05) is 60.4 Å². The molecule has 0 spiro atoms. The number of nitrogens with one attached hydrogen (secondary N) is 1. The van der Waals surface area contributed by atoms with Gasteiger partial charge < -0.3 is 14.8 Å². The topological polar surface area (TPSA) is 47.6 Å². The summed E-state index contributed by atoms with van der Waals surface area (Å²) in [4.78, 5) is 11.9. The van der Waals surface area contributed by atoms with Gasteiger partial charge in [-0.3, -0.25) is 4.79 Å². The Morgan fingerprint density at radius 2 is 1.59 bits per heavy atom. The van der Waals surface area contributed by atoms with Crippen molar-refractivity contribution >= 4 is 11.6 Å². The molecule has 0 bridgehead atoms. The fourth-order valence-electron chi connectivity index (χ4n) is 3.12. The summed E-state index contributed by atoms with van der Waals surface area (Å²) in [6.45, 7) is 1.48. The number of carbonyl (C=O) groups excluding carboxylic acids is 1. The zero-order chi connectivity index (χ0) is 20.6. The highest BCUT2D eigenvalue weighted by molar-refractivity contribution is 5.91. The monoisotopic (exact) mass is 385 g/mol. The van der Waals surface area contributed by atoms with Crippen LogP contribution in [-0.4, -0.2) is 20.1 Å². The van der Waals surface area contributed by atoms with Gasteiger partial charge in [-0.2, -0.15) is 0 Å². The maximum atomic E-state index is 11.9. The molecule has 0 heterocycles.